The van der Waals surface area contributed by atoms with Gasteiger partial charge in [0.25, 0.3) is 0 Å². The molecule has 0 amide bonds. The summed E-state index contributed by atoms with van der Waals surface area (Å²) in [7, 11) is 0. The number of aryl methyl sites for hydroxylation is 1. The molecule has 1 N–H and O–H groups in total. The van der Waals surface area contributed by atoms with Crippen LogP contribution < -0.4 is 5.32 Å². The fourth-order valence-corrected chi connectivity index (χ4v) is 2.81. The summed E-state index contributed by atoms with van der Waals surface area (Å²) in [6.45, 7) is 6.79. The van der Waals surface area contributed by atoms with Crippen molar-refractivity contribution in [3.63, 3.8) is 0 Å². The second-order valence-corrected chi connectivity index (χ2v) is 5.36. The smallest absolute Gasteiger partial charge is 0.00229 e. The minimum Gasteiger partial charge on any atom is -0.316 e. The minimum absolute atomic E-state index is 0.733. The number of hydrogen-bond donors (Lipinski definition) is 1. The van der Waals surface area contributed by atoms with Gasteiger partial charge < -0.3 is 5.32 Å². The lowest BCUT2D eigenvalue weighted by atomic mass is 9.72. The highest BCUT2D eigenvalue weighted by atomic mass is 14.9. The molecule has 94 valence electrons. The Morgan fingerprint density at radius 1 is 1.29 bits per heavy atom. The number of benzene rings is 1. The molecule has 1 unspecified atom stereocenters. The Bertz CT molecular complexity index is 341. The van der Waals surface area contributed by atoms with Crippen LogP contribution in [0.2, 0.25) is 0 Å². The molecule has 1 heteroatoms. The van der Waals surface area contributed by atoms with Gasteiger partial charge in [0.1, 0.15) is 0 Å². The first kappa shape index (κ1) is 12.6. The fourth-order valence-electron chi connectivity index (χ4n) is 2.81. The standard InChI is InChI=1S/C16H25N/c1-3-11-17-12-16(14-8-6-9-14)15-10-5-4-7-13(15)2/h4-5,7,10,14,16-17H,3,6,8-9,11-12H2,1-2H3. The minimum atomic E-state index is 0.733. The van der Waals surface area contributed by atoms with Crippen molar-refractivity contribution < 1.29 is 0 Å². The molecule has 0 bridgehead atoms. The van der Waals surface area contributed by atoms with Crippen molar-refractivity contribution in [2.24, 2.45) is 5.92 Å². The van der Waals surface area contributed by atoms with E-state index in [1.165, 1.54) is 31.2 Å². The predicted molar refractivity (Wildman–Crippen MR) is 74.4 cm³/mol. The van der Waals surface area contributed by atoms with Crippen LogP contribution >= 0.6 is 0 Å². The third kappa shape index (κ3) is 3.10. The van der Waals surface area contributed by atoms with Crippen molar-refractivity contribution >= 4 is 0 Å². The SMILES string of the molecule is CCCNCC(c1ccccc1C)C1CCC1. The summed E-state index contributed by atoms with van der Waals surface area (Å²) >= 11 is 0. The molecule has 17 heavy (non-hydrogen) atoms. The molecule has 0 saturated heterocycles. The van der Waals surface area contributed by atoms with Crippen LogP contribution in [0.25, 0.3) is 0 Å². The molecular formula is C16H25N. The maximum Gasteiger partial charge on any atom is 0.00229 e. The first-order valence-electron chi connectivity index (χ1n) is 7.09. The van der Waals surface area contributed by atoms with E-state index in [2.05, 4.69) is 43.4 Å². The lowest BCUT2D eigenvalue weighted by Crippen LogP contribution is -2.31. The lowest BCUT2D eigenvalue weighted by Gasteiger charge is -2.35. The molecule has 1 aromatic rings. The highest BCUT2D eigenvalue weighted by Crippen LogP contribution is 2.39. The van der Waals surface area contributed by atoms with Gasteiger partial charge in [0.05, 0.1) is 0 Å². The normalized spacial score (nSPS) is 17.8. The first-order chi connectivity index (χ1) is 8.33. The van der Waals surface area contributed by atoms with Gasteiger partial charge in [-0.05, 0) is 55.7 Å². The van der Waals surface area contributed by atoms with E-state index in [0.717, 1.165) is 24.9 Å². The topological polar surface area (TPSA) is 12.0 Å². The van der Waals surface area contributed by atoms with Crippen LogP contribution in [-0.2, 0) is 0 Å². The Morgan fingerprint density at radius 3 is 2.65 bits per heavy atom. The molecule has 2 rings (SSSR count). The Kier molecular flexibility index (Phi) is 4.61. The van der Waals surface area contributed by atoms with Crippen LogP contribution in [-0.4, -0.2) is 13.1 Å². The van der Waals surface area contributed by atoms with Crippen molar-refractivity contribution in [2.75, 3.05) is 13.1 Å². The average molecular weight is 231 g/mol. The monoisotopic (exact) mass is 231 g/mol. The molecule has 0 aromatic heterocycles. The Morgan fingerprint density at radius 2 is 2.06 bits per heavy atom. The molecule has 1 fully saturated rings. The zero-order valence-corrected chi connectivity index (χ0v) is 11.2. The van der Waals surface area contributed by atoms with Gasteiger partial charge in [-0.15, -0.1) is 0 Å². The second kappa shape index (κ2) is 6.20. The van der Waals surface area contributed by atoms with E-state index in [-0.39, 0.29) is 0 Å². The molecule has 0 heterocycles. The molecule has 1 nitrogen and oxygen atoms in total. The van der Waals surface area contributed by atoms with E-state index in [0.29, 0.717) is 0 Å². The van der Waals surface area contributed by atoms with E-state index in [4.69, 9.17) is 0 Å². The van der Waals surface area contributed by atoms with Crippen molar-refractivity contribution in [3.05, 3.63) is 35.4 Å². The van der Waals surface area contributed by atoms with Crippen molar-refractivity contribution in [2.45, 2.75) is 45.4 Å². The molecule has 1 aromatic carbocycles. The van der Waals surface area contributed by atoms with Crippen LogP contribution in [0.1, 0.15) is 49.7 Å². The van der Waals surface area contributed by atoms with Gasteiger partial charge in [-0.25, -0.2) is 0 Å². The van der Waals surface area contributed by atoms with Crippen LogP contribution in [0.4, 0.5) is 0 Å². The highest BCUT2D eigenvalue weighted by Gasteiger charge is 2.28. The van der Waals surface area contributed by atoms with Crippen molar-refractivity contribution in [3.8, 4) is 0 Å². The Balaban J connectivity index is 2.06. The van der Waals surface area contributed by atoms with Gasteiger partial charge in [-0.2, -0.15) is 0 Å². The maximum atomic E-state index is 3.61. The molecule has 1 aliphatic rings. The molecule has 0 spiro atoms. The average Bonchev–Trinajstić information content (AvgIpc) is 2.26. The van der Waals surface area contributed by atoms with Gasteiger partial charge in [0, 0.05) is 6.54 Å². The molecule has 0 aliphatic heterocycles. The van der Waals surface area contributed by atoms with E-state index in [1.54, 1.807) is 5.56 Å². The fraction of sp³-hybridized carbons (Fsp3) is 0.625. The molecule has 0 radical (unpaired) electrons. The summed E-state index contributed by atoms with van der Waals surface area (Å²) in [6.07, 6.45) is 5.51. The van der Waals surface area contributed by atoms with Crippen LogP contribution in [0.15, 0.2) is 24.3 Å². The van der Waals surface area contributed by atoms with Gasteiger partial charge in [-0.3, -0.25) is 0 Å². The summed E-state index contributed by atoms with van der Waals surface area (Å²) in [5, 5.41) is 3.61. The van der Waals surface area contributed by atoms with Crippen molar-refractivity contribution in [1.82, 2.24) is 5.32 Å². The molecule has 1 atom stereocenters. The number of nitrogens with one attached hydrogen (secondary N) is 1. The lowest BCUT2D eigenvalue weighted by molar-refractivity contribution is 0.254. The van der Waals surface area contributed by atoms with E-state index in [9.17, 15) is 0 Å². The quantitative estimate of drug-likeness (QED) is 0.733. The largest absolute Gasteiger partial charge is 0.316 e. The summed E-state index contributed by atoms with van der Waals surface area (Å²) in [4.78, 5) is 0. The summed E-state index contributed by atoms with van der Waals surface area (Å²) in [5.41, 5.74) is 3.03. The third-order valence-electron chi connectivity index (χ3n) is 4.10. The van der Waals surface area contributed by atoms with Gasteiger partial charge in [0.2, 0.25) is 0 Å². The second-order valence-electron chi connectivity index (χ2n) is 5.36. The number of hydrogen-bond acceptors (Lipinski definition) is 1. The highest BCUT2D eigenvalue weighted by molar-refractivity contribution is 5.30. The van der Waals surface area contributed by atoms with Crippen molar-refractivity contribution in [1.29, 1.82) is 0 Å². The van der Waals surface area contributed by atoms with Gasteiger partial charge in [-0.1, -0.05) is 37.6 Å². The zero-order chi connectivity index (χ0) is 12.1. The summed E-state index contributed by atoms with van der Waals surface area (Å²) < 4.78 is 0. The number of rotatable bonds is 6. The zero-order valence-electron chi connectivity index (χ0n) is 11.2. The van der Waals surface area contributed by atoms with E-state index in [1.807, 2.05) is 0 Å². The van der Waals surface area contributed by atoms with Gasteiger partial charge >= 0.3 is 0 Å². The summed E-state index contributed by atoms with van der Waals surface area (Å²) in [5.74, 6) is 1.65. The first-order valence-corrected chi connectivity index (χ1v) is 7.09. The Labute approximate surface area is 106 Å². The van der Waals surface area contributed by atoms with Crippen LogP contribution in [0.3, 0.4) is 0 Å². The molecule has 1 aliphatic carbocycles. The van der Waals surface area contributed by atoms with Crippen LogP contribution in [0.5, 0.6) is 0 Å². The maximum absolute atomic E-state index is 3.61. The van der Waals surface area contributed by atoms with E-state index >= 15 is 0 Å². The third-order valence-corrected chi connectivity index (χ3v) is 4.10. The predicted octanol–water partition coefficient (Wildman–Crippen LogP) is 3.88. The molecular weight excluding hydrogens is 206 g/mol. The molecule has 1 saturated carbocycles. The Hall–Kier alpha value is -0.820. The van der Waals surface area contributed by atoms with E-state index < -0.39 is 0 Å². The van der Waals surface area contributed by atoms with Gasteiger partial charge in [0.15, 0.2) is 0 Å². The van der Waals surface area contributed by atoms with Crippen LogP contribution in [0, 0.1) is 12.8 Å². The summed E-state index contributed by atoms with van der Waals surface area (Å²) in [6, 6.07) is 8.91.